The maximum Gasteiger partial charge on any atom is 0.307 e. The third-order valence-electron chi connectivity index (χ3n) is 3.52. The molecule has 118 valence electrons. The molecule has 2 unspecified atom stereocenters. The Balaban J connectivity index is 2.94. The van der Waals surface area contributed by atoms with Crippen molar-refractivity contribution in [2.75, 3.05) is 6.54 Å². The van der Waals surface area contributed by atoms with Crippen LogP contribution in [0.3, 0.4) is 0 Å². The van der Waals surface area contributed by atoms with Gasteiger partial charge in [-0.3, -0.25) is 4.79 Å². The van der Waals surface area contributed by atoms with Crippen LogP contribution in [0, 0.1) is 35.1 Å². The molecule has 1 aromatic carbocycles. The van der Waals surface area contributed by atoms with Crippen LogP contribution >= 0.6 is 0 Å². The molecule has 0 aliphatic heterocycles. The number of carbonyl (C=O) groups is 1. The predicted molar refractivity (Wildman–Crippen MR) is 68.6 cm³/mol. The molecule has 0 heterocycles. The van der Waals surface area contributed by atoms with Crippen LogP contribution in [0.15, 0.2) is 6.07 Å². The summed E-state index contributed by atoms with van der Waals surface area (Å²) in [7, 11) is 0. The Bertz CT molecular complexity index is 522. The summed E-state index contributed by atoms with van der Waals surface area (Å²) in [6, 6.07) is 0.606. The van der Waals surface area contributed by atoms with Gasteiger partial charge in [-0.15, -0.1) is 0 Å². The fourth-order valence-corrected chi connectivity index (χ4v) is 2.18. The van der Waals surface area contributed by atoms with E-state index in [1.165, 1.54) is 0 Å². The Labute approximate surface area is 119 Å². The highest BCUT2D eigenvalue weighted by atomic mass is 19.2. The van der Waals surface area contributed by atoms with Crippen molar-refractivity contribution in [2.45, 2.75) is 26.2 Å². The molecule has 0 aromatic heterocycles. The Hall–Kier alpha value is -1.63. The van der Waals surface area contributed by atoms with E-state index in [2.05, 4.69) is 0 Å². The molecule has 21 heavy (non-hydrogen) atoms. The molecule has 0 amide bonds. The van der Waals surface area contributed by atoms with Crippen LogP contribution in [-0.4, -0.2) is 17.6 Å². The van der Waals surface area contributed by atoms with Gasteiger partial charge in [0.05, 0.1) is 5.92 Å². The van der Waals surface area contributed by atoms with Crippen molar-refractivity contribution in [1.29, 1.82) is 0 Å². The van der Waals surface area contributed by atoms with Crippen molar-refractivity contribution >= 4 is 5.97 Å². The summed E-state index contributed by atoms with van der Waals surface area (Å²) in [5.41, 5.74) is 5.04. The lowest BCUT2D eigenvalue weighted by molar-refractivity contribution is -0.142. The summed E-state index contributed by atoms with van der Waals surface area (Å²) in [6.07, 6.45) is 0.548. The SMILES string of the molecule is CCC(Cc1cc(F)c(F)c(F)c1F)CC(CN)C(=O)O. The maximum atomic E-state index is 13.6. The fraction of sp³-hybridized carbons (Fsp3) is 0.500. The van der Waals surface area contributed by atoms with Crippen molar-refractivity contribution in [3.05, 3.63) is 34.9 Å². The molecular weight excluding hydrogens is 290 g/mol. The van der Waals surface area contributed by atoms with Gasteiger partial charge in [-0.1, -0.05) is 13.3 Å². The summed E-state index contributed by atoms with van der Waals surface area (Å²) >= 11 is 0. The number of nitrogens with two attached hydrogens (primary N) is 1. The van der Waals surface area contributed by atoms with Gasteiger partial charge < -0.3 is 10.8 Å². The van der Waals surface area contributed by atoms with E-state index in [1.807, 2.05) is 0 Å². The molecule has 0 bridgehead atoms. The first-order valence-electron chi connectivity index (χ1n) is 6.56. The smallest absolute Gasteiger partial charge is 0.307 e. The standard InChI is InChI=1S/C14H17F4NO2/c1-2-7(4-9(6-19)14(20)21)3-8-5-10(15)12(17)13(18)11(8)16/h5,7,9H,2-4,6,19H2,1H3,(H,20,21). The molecule has 3 N–H and O–H groups in total. The molecule has 0 aliphatic carbocycles. The number of halogens is 4. The Morgan fingerprint density at radius 3 is 2.33 bits per heavy atom. The van der Waals surface area contributed by atoms with Gasteiger partial charge in [-0.25, -0.2) is 17.6 Å². The molecule has 1 rings (SSSR count). The van der Waals surface area contributed by atoms with E-state index in [1.54, 1.807) is 6.92 Å². The van der Waals surface area contributed by atoms with Gasteiger partial charge in [0.15, 0.2) is 23.3 Å². The van der Waals surface area contributed by atoms with Crippen LogP contribution in [0.25, 0.3) is 0 Å². The van der Waals surface area contributed by atoms with E-state index in [0.29, 0.717) is 12.5 Å². The average Bonchev–Trinajstić information content (AvgIpc) is 2.45. The van der Waals surface area contributed by atoms with Gasteiger partial charge in [0.2, 0.25) is 0 Å². The second kappa shape index (κ2) is 7.40. The van der Waals surface area contributed by atoms with Crippen molar-refractivity contribution in [2.24, 2.45) is 17.6 Å². The highest BCUT2D eigenvalue weighted by molar-refractivity contribution is 5.70. The molecule has 0 spiro atoms. The third kappa shape index (κ3) is 4.17. The van der Waals surface area contributed by atoms with E-state index in [4.69, 9.17) is 10.8 Å². The third-order valence-corrected chi connectivity index (χ3v) is 3.52. The van der Waals surface area contributed by atoms with Crippen molar-refractivity contribution in [3.8, 4) is 0 Å². The molecule has 0 aliphatic rings. The number of hydrogen-bond acceptors (Lipinski definition) is 2. The second-order valence-corrected chi connectivity index (χ2v) is 4.94. The van der Waals surface area contributed by atoms with Crippen molar-refractivity contribution < 1.29 is 27.5 Å². The molecule has 7 heteroatoms. The minimum Gasteiger partial charge on any atom is -0.481 e. The summed E-state index contributed by atoms with van der Waals surface area (Å²) in [5.74, 6) is -8.82. The second-order valence-electron chi connectivity index (χ2n) is 4.94. The number of carboxylic acids is 1. The van der Waals surface area contributed by atoms with Crippen molar-refractivity contribution in [1.82, 2.24) is 0 Å². The zero-order valence-electron chi connectivity index (χ0n) is 11.5. The molecular formula is C14H17F4NO2. The van der Waals surface area contributed by atoms with Crippen molar-refractivity contribution in [3.63, 3.8) is 0 Å². The number of rotatable bonds is 7. The number of aliphatic carboxylic acids is 1. The quantitative estimate of drug-likeness (QED) is 0.462. The Morgan fingerprint density at radius 2 is 1.86 bits per heavy atom. The van der Waals surface area contributed by atoms with Crippen LogP contribution in [0.2, 0.25) is 0 Å². The molecule has 2 atom stereocenters. The lowest BCUT2D eigenvalue weighted by atomic mass is 9.87. The van der Waals surface area contributed by atoms with E-state index in [9.17, 15) is 22.4 Å². The van der Waals surface area contributed by atoms with E-state index in [-0.39, 0.29) is 30.9 Å². The fourth-order valence-electron chi connectivity index (χ4n) is 2.18. The number of benzene rings is 1. The first-order valence-corrected chi connectivity index (χ1v) is 6.56. The lowest BCUT2D eigenvalue weighted by Crippen LogP contribution is -2.26. The normalized spacial score (nSPS) is 14.0. The summed E-state index contributed by atoms with van der Waals surface area (Å²) in [4.78, 5) is 10.9. The molecule has 0 radical (unpaired) electrons. The number of carboxylic acid groups (broad SMARTS) is 1. The van der Waals surface area contributed by atoms with E-state index in [0.717, 1.165) is 0 Å². The molecule has 1 aromatic rings. The Morgan fingerprint density at radius 1 is 1.24 bits per heavy atom. The molecule has 0 saturated heterocycles. The average molecular weight is 307 g/mol. The zero-order chi connectivity index (χ0) is 16.2. The van der Waals surface area contributed by atoms with Crippen LogP contribution in [0.5, 0.6) is 0 Å². The van der Waals surface area contributed by atoms with Gasteiger partial charge in [-0.2, -0.15) is 0 Å². The highest BCUT2D eigenvalue weighted by Gasteiger charge is 2.24. The highest BCUT2D eigenvalue weighted by Crippen LogP contribution is 2.25. The molecule has 0 saturated carbocycles. The topological polar surface area (TPSA) is 63.3 Å². The molecule has 3 nitrogen and oxygen atoms in total. The van der Waals surface area contributed by atoms with Crippen LogP contribution in [-0.2, 0) is 11.2 Å². The molecule has 0 fully saturated rings. The van der Waals surface area contributed by atoms with Crippen LogP contribution < -0.4 is 5.73 Å². The minimum atomic E-state index is -1.85. The lowest BCUT2D eigenvalue weighted by Gasteiger charge is -2.19. The first kappa shape index (κ1) is 17.4. The summed E-state index contributed by atoms with van der Waals surface area (Å²) in [6.45, 7) is 1.66. The van der Waals surface area contributed by atoms with E-state index < -0.39 is 35.2 Å². The number of hydrogen-bond donors (Lipinski definition) is 2. The first-order chi connectivity index (χ1) is 9.81. The van der Waals surface area contributed by atoms with Crippen LogP contribution in [0.4, 0.5) is 17.6 Å². The van der Waals surface area contributed by atoms with Crippen LogP contribution in [0.1, 0.15) is 25.3 Å². The summed E-state index contributed by atoms with van der Waals surface area (Å²) < 4.78 is 52.8. The van der Waals surface area contributed by atoms with Gasteiger partial charge in [0, 0.05) is 6.54 Å². The monoisotopic (exact) mass is 307 g/mol. The van der Waals surface area contributed by atoms with Gasteiger partial charge in [0.1, 0.15) is 0 Å². The van der Waals surface area contributed by atoms with Gasteiger partial charge in [0.25, 0.3) is 0 Å². The summed E-state index contributed by atoms with van der Waals surface area (Å²) in [5, 5.41) is 8.94. The predicted octanol–water partition coefficient (Wildman–Crippen LogP) is 2.86. The largest absolute Gasteiger partial charge is 0.481 e. The van der Waals surface area contributed by atoms with Gasteiger partial charge >= 0.3 is 5.97 Å². The van der Waals surface area contributed by atoms with E-state index >= 15 is 0 Å². The minimum absolute atomic E-state index is 0.0829. The zero-order valence-corrected chi connectivity index (χ0v) is 11.5. The Kier molecular flexibility index (Phi) is 6.14. The maximum absolute atomic E-state index is 13.6. The van der Waals surface area contributed by atoms with Gasteiger partial charge in [-0.05, 0) is 30.4 Å².